The first-order chi connectivity index (χ1) is 7.09. The highest BCUT2D eigenvalue weighted by Crippen LogP contribution is 2.30. The molecule has 1 unspecified atom stereocenters. The first-order valence-corrected chi connectivity index (χ1v) is 6.78. The van der Waals surface area contributed by atoms with E-state index in [9.17, 15) is 0 Å². The summed E-state index contributed by atoms with van der Waals surface area (Å²) in [4.78, 5) is 1.23. The average Bonchev–Trinajstić information content (AvgIpc) is 2.75. The molecular weight excluding hydrogens is 342 g/mol. The van der Waals surface area contributed by atoms with Gasteiger partial charge in [-0.15, -0.1) is 11.3 Å². The zero-order valence-electron chi connectivity index (χ0n) is 7.95. The maximum absolute atomic E-state index is 5.89. The number of nitrogens with two attached hydrogens (primary N) is 1. The van der Waals surface area contributed by atoms with Crippen LogP contribution in [0.3, 0.4) is 0 Å². The molecule has 15 heavy (non-hydrogen) atoms. The Morgan fingerprint density at radius 2 is 2.27 bits per heavy atom. The predicted octanol–water partition coefficient (Wildman–Crippen LogP) is 3.66. The maximum atomic E-state index is 5.89. The van der Waals surface area contributed by atoms with Crippen LogP contribution in [0.5, 0.6) is 0 Å². The van der Waals surface area contributed by atoms with Gasteiger partial charge in [-0.25, -0.2) is 4.68 Å². The highest BCUT2D eigenvalue weighted by atomic mass is 79.9. The van der Waals surface area contributed by atoms with E-state index in [-0.39, 0.29) is 6.04 Å². The maximum Gasteiger partial charge on any atom is 0.136 e. The van der Waals surface area contributed by atoms with Crippen molar-refractivity contribution in [2.75, 3.05) is 5.73 Å². The van der Waals surface area contributed by atoms with Gasteiger partial charge in [-0.1, -0.05) is 0 Å². The Kier molecular flexibility index (Phi) is 3.18. The monoisotopic (exact) mass is 349 g/mol. The number of hydrogen-bond donors (Lipinski definition) is 1. The Morgan fingerprint density at radius 1 is 1.53 bits per heavy atom. The molecular formula is C9H9Br2N3S. The van der Waals surface area contributed by atoms with E-state index in [4.69, 9.17) is 5.73 Å². The van der Waals surface area contributed by atoms with Gasteiger partial charge in [0.1, 0.15) is 5.82 Å². The summed E-state index contributed by atoms with van der Waals surface area (Å²) in [6.45, 7) is 2.08. The third-order valence-corrected chi connectivity index (χ3v) is 4.63. The SMILES string of the molecule is CC(c1cc(Br)cs1)n1ncc(Br)c1N. The molecule has 2 heterocycles. The minimum Gasteiger partial charge on any atom is -0.383 e. The highest BCUT2D eigenvalue weighted by Gasteiger charge is 2.14. The number of halogens is 2. The number of nitrogen functional groups attached to an aromatic ring is 1. The molecule has 0 aliphatic heterocycles. The normalized spacial score (nSPS) is 13.0. The number of nitrogens with zero attached hydrogens (tertiary/aromatic N) is 2. The molecule has 2 N–H and O–H groups in total. The van der Waals surface area contributed by atoms with Crippen LogP contribution < -0.4 is 5.73 Å². The fourth-order valence-electron chi connectivity index (χ4n) is 1.33. The predicted molar refractivity (Wildman–Crippen MR) is 70.2 cm³/mol. The zero-order chi connectivity index (χ0) is 11.0. The molecule has 0 saturated carbocycles. The molecule has 80 valence electrons. The average molecular weight is 351 g/mol. The molecule has 0 saturated heterocycles. The number of thiophene rings is 1. The molecule has 1 atom stereocenters. The van der Waals surface area contributed by atoms with Gasteiger partial charge in [0.15, 0.2) is 0 Å². The Hall–Kier alpha value is -0.330. The van der Waals surface area contributed by atoms with E-state index in [1.54, 1.807) is 17.5 Å². The van der Waals surface area contributed by atoms with Gasteiger partial charge in [-0.3, -0.25) is 0 Å². The van der Waals surface area contributed by atoms with Crippen molar-refractivity contribution < 1.29 is 0 Å². The van der Waals surface area contributed by atoms with Crippen LogP contribution >= 0.6 is 43.2 Å². The Balaban J connectivity index is 2.36. The lowest BCUT2D eigenvalue weighted by Crippen LogP contribution is -2.10. The minimum atomic E-state index is 0.160. The van der Waals surface area contributed by atoms with Crippen molar-refractivity contribution in [2.24, 2.45) is 0 Å². The summed E-state index contributed by atoms with van der Waals surface area (Å²) < 4.78 is 3.74. The number of aromatic nitrogens is 2. The fraction of sp³-hybridized carbons (Fsp3) is 0.222. The van der Waals surface area contributed by atoms with Crippen LogP contribution in [0.4, 0.5) is 5.82 Å². The van der Waals surface area contributed by atoms with E-state index in [0.717, 1.165) is 8.95 Å². The van der Waals surface area contributed by atoms with Crippen molar-refractivity contribution in [3.05, 3.63) is 31.5 Å². The van der Waals surface area contributed by atoms with E-state index < -0.39 is 0 Å². The highest BCUT2D eigenvalue weighted by molar-refractivity contribution is 9.10. The lowest BCUT2D eigenvalue weighted by atomic mass is 10.3. The quantitative estimate of drug-likeness (QED) is 0.898. The zero-order valence-corrected chi connectivity index (χ0v) is 11.9. The number of rotatable bonds is 2. The van der Waals surface area contributed by atoms with Crippen LogP contribution in [0.25, 0.3) is 0 Å². The molecule has 2 aromatic heterocycles. The van der Waals surface area contributed by atoms with E-state index >= 15 is 0 Å². The molecule has 0 aliphatic rings. The molecule has 2 rings (SSSR count). The largest absolute Gasteiger partial charge is 0.383 e. The lowest BCUT2D eigenvalue weighted by Gasteiger charge is -2.11. The van der Waals surface area contributed by atoms with Crippen LogP contribution in [0.2, 0.25) is 0 Å². The van der Waals surface area contributed by atoms with Crippen LogP contribution in [0.1, 0.15) is 17.8 Å². The Labute approximate surface area is 109 Å². The topological polar surface area (TPSA) is 43.8 Å². The van der Waals surface area contributed by atoms with Crippen LogP contribution in [-0.4, -0.2) is 9.78 Å². The van der Waals surface area contributed by atoms with E-state index in [1.165, 1.54) is 4.88 Å². The smallest absolute Gasteiger partial charge is 0.136 e. The van der Waals surface area contributed by atoms with Crippen LogP contribution in [0.15, 0.2) is 26.6 Å². The lowest BCUT2D eigenvalue weighted by molar-refractivity contribution is 0.581. The minimum absolute atomic E-state index is 0.160. The molecule has 3 nitrogen and oxygen atoms in total. The van der Waals surface area contributed by atoms with E-state index in [1.807, 2.05) is 4.68 Å². The first kappa shape index (κ1) is 11.2. The van der Waals surface area contributed by atoms with Crippen LogP contribution in [-0.2, 0) is 0 Å². The fourth-order valence-corrected chi connectivity index (χ4v) is 3.09. The van der Waals surface area contributed by atoms with Gasteiger partial charge in [-0.05, 0) is 44.8 Å². The summed E-state index contributed by atoms with van der Waals surface area (Å²) in [6, 6.07) is 2.25. The number of anilines is 1. The van der Waals surface area contributed by atoms with Gasteiger partial charge in [0.25, 0.3) is 0 Å². The van der Waals surface area contributed by atoms with Gasteiger partial charge >= 0.3 is 0 Å². The van der Waals surface area contributed by atoms with Crippen LogP contribution in [0, 0.1) is 0 Å². The Bertz CT molecular complexity index is 477. The van der Waals surface area contributed by atoms with Gasteiger partial charge in [0, 0.05) is 14.7 Å². The van der Waals surface area contributed by atoms with Crippen molar-refractivity contribution >= 4 is 49.0 Å². The summed E-state index contributed by atoms with van der Waals surface area (Å²) in [6.07, 6.45) is 1.72. The molecule has 0 radical (unpaired) electrons. The van der Waals surface area contributed by atoms with Crippen molar-refractivity contribution in [2.45, 2.75) is 13.0 Å². The molecule has 0 amide bonds. The summed E-state index contributed by atoms with van der Waals surface area (Å²) >= 11 is 8.48. The molecule has 6 heteroatoms. The summed E-state index contributed by atoms with van der Waals surface area (Å²) in [5.41, 5.74) is 5.89. The number of hydrogen-bond acceptors (Lipinski definition) is 3. The molecule has 0 aliphatic carbocycles. The first-order valence-electron chi connectivity index (χ1n) is 4.32. The van der Waals surface area contributed by atoms with Gasteiger partial charge in [0.2, 0.25) is 0 Å². The summed E-state index contributed by atoms with van der Waals surface area (Å²) in [7, 11) is 0. The molecule has 0 spiro atoms. The molecule has 0 aromatic carbocycles. The standard InChI is InChI=1S/C9H9Br2N3S/c1-5(8-2-6(10)4-15-8)14-9(12)7(11)3-13-14/h2-5H,12H2,1H3. The van der Waals surface area contributed by atoms with E-state index in [2.05, 4.69) is 55.3 Å². The van der Waals surface area contributed by atoms with Crippen molar-refractivity contribution in [1.82, 2.24) is 9.78 Å². The second-order valence-electron chi connectivity index (χ2n) is 3.17. The van der Waals surface area contributed by atoms with Gasteiger partial charge < -0.3 is 5.73 Å². The second-order valence-corrected chi connectivity index (χ2v) is 5.88. The second kappa shape index (κ2) is 4.27. The third-order valence-electron chi connectivity index (χ3n) is 2.15. The Morgan fingerprint density at radius 3 is 2.73 bits per heavy atom. The van der Waals surface area contributed by atoms with Crippen molar-refractivity contribution in [3.63, 3.8) is 0 Å². The van der Waals surface area contributed by atoms with Gasteiger partial charge in [-0.2, -0.15) is 5.10 Å². The molecule has 2 aromatic rings. The van der Waals surface area contributed by atoms with Crippen molar-refractivity contribution in [1.29, 1.82) is 0 Å². The van der Waals surface area contributed by atoms with E-state index in [0.29, 0.717) is 5.82 Å². The summed E-state index contributed by atoms with van der Waals surface area (Å²) in [5, 5.41) is 6.29. The van der Waals surface area contributed by atoms with Crippen molar-refractivity contribution in [3.8, 4) is 0 Å². The molecule has 0 bridgehead atoms. The summed E-state index contributed by atoms with van der Waals surface area (Å²) in [5.74, 6) is 0.659. The van der Waals surface area contributed by atoms with Gasteiger partial charge in [0.05, 0.1) is 16.7 Å². The molecule has 0 fully saturated rings. The third kappa shape index (κ3) is 2.11.